The van der Waals surface area contributed by atoms with Crippen molar-refractivity contribution in [3.8, 4) is 0 Å². The molecule has 0 aromatic rings. The van der Waals surface area contributed by atoms with E-state index in [1.807, 2.05) is 0 Å². The molecule has 0 unspecified atom stereocenters. The predicted octanol–water partition coefficient (Wildman–Crippen LogP) is 3.40. The quantitative estimate of drug-likeness (QED) is 0.682. The number of nitrogens with zero attached hydrogens (tertiary/aromatic N) is 1. The summed E-state index contributed by atoms with van der Waals surface area (Å²) in [5, 5.41) is 0. The van der Waals surface area contributed by atoms with E-state index in [0.29, 0.717) is 0 Å². The molecule has 0 aliphatic carbocycles. The van der Waals surface area contributed by atoms with E-state index in [-0.39, 0.29) is 0 Å². The summed E-state index contributed by atoms with van der Waals surface area (Å²) < 4.78 is 1.08. The van der Waals surface area contributed by atoms with Crippen molar-refractivity contribution in [3.05, 3.63) is 0 Å². The van der Waals surface area contributed by atoms with Crippen LogP contribution < -0.4 is 0 Å². The molecule has 0 atom stereocenters. The SMILES string of the molecule is CC(C)N1CC[CH2][Ga]([CH](C)C)[CH2]CC1. The van der Waals surface area contributed by atoms with Crippen molar-refractivity contribution in [1.82, 2.24) is 4.90 Å². The van der Waals surface area contributed by atoms with E-state index in [1.54, 1.807) is 9.95 Å². The third kappa shape index (κ3) is 3.99. The van der Waals surface area contributed by atoms with Crippen molar-refractivity contribution in [2.45, 2.75) is 61.0 Å². The zero-order valence-corrected chi connectivity index (χ0v) is 12.8. The van der Waals surface area contributed by atoms with Crippen LogP contribution in [-0.2, 0) is 0 Å². The Hall–Kier alpha value is 0.596. The molecule has 2 heteroatoms. The first kappa shape index (κ1) is 12.7. The molecule has 0 bridgehead atoms. The third-order valence-corrected chi connectivity index (χ3v) is 12.5. The van der Waals surface area contributed by atoms with Crippen molar-refractivity contribution in [3.63, 3.8) is 0 Å². The van der Waals surface area contributed by atoms with Gasteiger partial charge in [-0.05, 0) is 0 Å². The molecule has 0 N–H and O–H groups in total. The van der Waals surface area contributed by atoms with Gasteiger partial charge in [0.2, 0.25) is 0 Å². The fraction of sp³-hybridized carbons (Fsp3) is 1.00. The van der Waals surface area contributed by atoms with Crippen molar-refractivity contribution in [2.75, 3.05) is 13.1 Å². The first-order chi connectivity index (χ1) is 6.61. The molecule has 0 aromatic carbocycles. The Kier molecular flexibility index (Phi) is 5.64. The summed E-state index contributed by atoms with van der Waals surface area (Å²) in [4.78, 5) is 5.93. The topological polar surface area (TPSA) is 3.24 Å². The predicted molar refractivity (Wildman–Crippen MR) is 66.4 cm³/mol. The van der Waals surface area contributed by atoms with E-state index in [0.717, 1.165) is 10.5 Å². The molecule has 1 saturated heterocycles. The van der Waals surface area contributed by atoms with Gasteiger partial charge in [-0.3, -0.25) is 0 Å². The van der Waals surface area contributed by atoms with E-state index in [1.165, 1.54) is 25.9 Å². The van der Waals surface area contributed by atoms with Crippen LogP contribution in [0.25, 0.3) is 0 Å². The summed E-state index contributed by atoms with van der Waals surface area (Å²) in [6.45, 7) is 12.3. The first-order valence-corrected chi connectivity index (χ1v) is 11.2. The van der Waals surface area contributed by atoms with Crippen LogP contribution in [0.3, 0.4) is 0 Å². The molecule has 1 aliphatic heterocycles. The molecule has 1 aliphatic rings. The molecule has 14 heavy (non-hydrogen) atoms. The molecule has 1 rings (SSSR count). The summed E-state index contributed by atoms with van der Waals surface area (Å²) in [7, 11) is 0. The zero-order valence-electron chi connectivity index (χ0n) is 10.4. The molecule has 1 heterocycles. The van der Waals surface area contributed by atoms with Gasteiger partial charge in [-0.15, -0.1) is 0 Å². The molecular formula is C12H26GaN. The molecule has 0 amide bonds. The molecule has 82 valence electrons. The average Bonchev–Trinajstić information content (AvgIpc) is 2.01. The molecule has 1 nitrogen and oxygen atoms in total. The van der Waals surface area contributed by atoms with Crippen LogP contribution >= 0.6 is 0 Å². The van der Waals surface area contributed by atoms with Crippen LogP contribution in [0.5, 0.6) is 0 Å². The molecular weight excluding hydrogens is 228 g/mol. The van der Waals surface area contributed by atoms with Crippen LogP contribution in [0, 0.1) is 0 Å². The average molecular weight is 254 g/mol. The van der Waals surface area contributed by atoms with Gasteiger partial charge in [-0.25, -0.2) is 0 Å². The summed E-state index contributed by atoms with van der Waals surface area (Å²) in [6.07, 6.45) is 2.97. The van der Waals surface area contributed by atoms with Crippen LogP contribution in [0.2, 0.25) is 14.4 Å². The second-order valence-electron chi connectivity index (χ2n) is 5.42. The Morgan fingerprint density at radius 2 is 1.43 bits per heavy atom. The second kappa shape index (κ2) is 6.24. The number of rotatable bonds is 2. The number of hydrogen-bond acceptors (Lipinski definition) is 1. The Labute approximate surface area is 95.3 Å². The van der Waals surface area contributed by atoms with Gasteiger partial charge < -0.3 is 0 Å². The zero-order chi connectivity index (χ0) is 10.6. The van der Waals surface area contributed by atoms with Gasteiger partial charge in [0.25, 0.3) is 0 Å². The van der Waals surface area contributed by atoms with Crippen molar-refractivity contribution >= 4 is 16.2 Å². The van der Waals surface area contributed by atoms with Gasteiger partial charge in [0.15, 0.2) is 0 Å². The minimum atomic E-state index is -0.831. The van der Waals surface area contributed by atoms with E-state index in [9.17, 15) is 0 Å². The van der Waals surface area contributed by atoms with Gasteiger partial charge in [0.05, 0.1) is 0 Å². The van der Waals surface area contributed by atoms with E-state index in [4.69, 9.17) is 0 Å². The minimum absolute atomic E-state index is 0.762. The van der Waals surface area contributed by atoms with Gasteiger partial charge in [0.1, 0.15) is 0 Å². The summed E-state index contributed by atoms with van der Waals surface area (Å²) >= 11 is -0.831. The monoisotopic (exact) mass is 253 g/mol. The van der Waals surface area contributed by atoms with E-state index in [2.05, 4.69) is 32.6 Å². The molecule has 0 spiro atoms. The van der Waals surface area contributed by atoms with Crippen molar-refractivity contribution in [1.29, 1.82) is 0 Å². The molecule has 0 radical (unpaired) electrons. The molecule has 0 saturated carbocycles. The van der Waals surface area contributed by atoms with Crippen LogP contribution in [-0.4, -0.2) is 40.2 Å². The maximum atomic E-state index is 2.67. The van der Waals surface area contributed by atoms with Crippen molar-refractivity contribution in [2.24, 2.45) is 0 Å². The van der Waals surface area contributed by atoms with Crippen LogP contribution in [0.15, 0.2) is 0 Å². The normalized spacial score (nSPS) is 21.4. The van der Waals surface area contributed by atoms with Gasteiger partial charge in [-0.1, -0.05) is 0 Å². The number of hydrogen-bond donors (Lipinski definition) is 0. The van der Waals surface area contributed by atoms with Crippen LogP contribution in [0.1, 0.15) is 40.5 Å². The Bertz CT molecular complexity index is 130. The Balaban J connectivity index is 2.35. The summed E-state index contributed by atoms with van der Waals surface area (Å²) in [5.41, 5.74) is 0. The second-order valence-corrected chi connectivity index (χ2v) is 13.8. The summed E-state index contributed by atoms with van der Waals surface area (Å²) in [6, 6.07) is 0.762. The fourth-order valence-corrected chi connectivity index (χ4v) is 8.92. The Morgan fingerprint density at radius 3 is 1.79 bits per heavy atom. The maximum absolute atomic E-state index is 2.67. The van der Waals surface area contributed by atoms with E-state index < -0.39 is 16.2 Å². The first-order valence-electron chi connectivity index (χ1n) is 6.35. The molecule has 1 fully saturated rings. The van der Waals surface area contributed by atoms with Crippen LogP contribution in [0.4, 0.5) is 0 Å². The van der Waals surface area contributed by atoms with Gasteiger partial charge >= 0.3 is 95.2 Å². The third-order valence-electron chi connectivity index (χ3n) is 3.71. The molecule has 0 aromatic heterocycles. The standard InChI is InChI=1S/C9H19N.C3H7.Ga/c1-5-7-10(8-6-2)9(3)4;1-3-2;/h9H,1-2,5-8H2,3-4H3;3H,1-2H3;. The van der Waals surface area contributed by atoms with E-state index >= 15 is 0 Å². The van der Waals surface area contributed by atoms with Gasteiger partial charge in [-0.2, -0.15) is 0 Å². The van der Waals surface area contributed by atoms with Crippen molar-refractivity contribution < 1.29 is 0 Å². The Morgan fingerprint density at radius 1 is 0.929 bits per heavy atom. The fourth-order valence-electron chi connectivity index (χ4n) is 2.55. The summed E-state index contributed by atoms with van der Waals surface area (Å²) in [5.74, 6) is 0. The van der Waals surface area contributed by atoms with Gasteiger partial charge in [0, 0.05) is 0 Å².